The zero-order valence-electron chi connectivity index (χ0n) is 14.2. The van der Waals surface area contributed by atoms with E-state index in [0.29, 0.717) is 22.8 Å². The van der Waals surface area contributed by atoms with E-state index in [1.54, 1.807) is 0 Å². The standard InChI is InChI=1S/C19H33ClO/c1-18(2,3)15-6-7-17(20)14(12-15)13-16-8-11-19(21-16)9-4-5-10-19/h14-17H,4-13H2,1-3H3. The molecule has 3 rings (SSSR count). The molecule has 1 aliphatic heterocycles. The van der Waals surface area contributed by atoms with Crippen LogP contribution in [0, 0.1) is 17.3 Å². The monoisotopic (exact) mass is 312 g/mol. The first-order valence-electron chi connectivity index (χ1n) is 9.20. The summed E-state index contributed by atoms with van der Waals surface area (Å²) in [6, 6.07) is 0. The van der Waals surface area contributed by atoms with Crippen molar-refractivity contribution in [2.45, 2.75) is 102 Å². The molecule has 1 spiro atoms. The Morgan fingerprint density at radius 2 is 1.76 bits per heavy atom. The summed E-state index contributed by atoms with van der Waals surface area (Å²) in [6.07, 6.45) is 13.5. The van der Waals surface area contributed by atoms with Gasteiger partial charge in [0.1, 0.15) is 0 Å². The predicted octanol–water partition coefficient (Wildman–Crippen LogP) is 5.94. The highest BCUT2D eigenvalue weighted by Gasteiger charge is 2.44. The van der Waals surface area contributed by atoms with E-state index in [0.717, 1.165) is 5.92 Å². The van der Waals surface area contributed by atoms with Crippen LogP contribution in [0.2, 0.25) is 0 Å². The molecule has 1 saturated heterocycles. The lowest BCUT2D eigenvalue weighted by molar-refractivity contribution is -0.0479. The lowest BCUT2D eigenvalue weighted by atomic mass is 9.68. The van der Waals surface area contributed by atoms with E-state index in [9.17, 15) is 0 Å². The molecule has 0 aromatic rings. The summed E-state index contributed by atoms with van der Waals surface area (Å²) in [5, 5.41) is 0.382. The first kappa shape index (κ1) is 16.1. The van der Waals surface area contributed by atoms with Crippen LogP contribution in [0.5, 0.6) is 0 Å². The van der Waals surface area contributed by atoms with Gasteiger partial charge in [0.05, 0.1) is 11.7 Å². The third-order valence-corrected chi connectivity index (χ3v) is 7.11. The van der Waals surface area contributed by atoms with Gasteiger partial charge < -0.3 is 4.74 Å². The highest BCUT2D eigenvalue weighted by atomic mass is 35.5. The van der Waals surface area contributed by atoms with Crippen molar-refractivity contribution in [1.29, 1.82) is 0 Å². The molecule has 1 nitrogen and oxygen atoms in total. The van der Waals surface area contributed by atoms with E-state index in [1.165, 1.54) is 64.2 Å². The number of halogens is 1. The summed E-state index contributed by atoms with van der Waals surface area (Å²) >= 11 is 6.67. The van der Waals surface area contributed by atoms with Crippen molar-refractivity contribution in [2.75, 3.05) is 0 Å². The topological polar surface area (TPSA) is 9.23 Å². The lowest BCUT2D eigenvalue weighted by Crippen LogP contribution is -2.34. The van der Waals surface area contributed by atoms with E-state index in [4.69, 9.17) is 16.3 Å². The molecular weight excluding hydrogens is 280 g/mol. The Bertz CT molecular complexity index is 353. The maximum absolute atomic E-state index is 6.67. The summed E-state index contributed by atoms with van der Waals surface area (Å²) in [6.45, 7) is 7.18. The molecule has 4 atom stereocenters. The van der Waals surface area contributed by atoms with Gasteiger partial charge in [-0.15, -0.1) is 11.6 Å². The molecule has 122 valence electrons. The number of hydrogen-bond donors (Lipinski definition) is 0. The van der Waals surface area contributed by atoms with Crippen molar-refractivity contribution >= 4 is 11.6 Å². The van der Waals surface area contributed by atoms with E-state index in [1.807, 2.05) is 0 Å². The van der Waals surface area contributed by atoms with Gasteiger partial charge in [0.15, 0.2) is 0 Å². The van der Waals surface area contributed by atoms with Crippen LogP contribution in [0.1, 0.15) is 85.0 Å². The first-order valence-corrected chi connectivity index (χ1v) is 9.63. The number of hydrogen-bond acceptors (Lipinski definition) is 1. The number of ether oxygens (including phenoxy) is 1. The van der Waals surface area contributed by atoms with Crippen LogP contribution in [0.4, 0.5) is 0 Å². The fourth-order valence-corrected chi connectivity index (χ4v) is 5.38. The Hall–Kier alpha value is 0.250. The van der Waals surface area contributed by atoms with Gasteiger partial charge in [-0.2, -0.15) is 0 Å². The zero-order valence-corrected chi connectivity index (χ0v) is 14.9. The molecule has 4 unspecified atom stereocenters. The normalized spacial score (nSPS) is 40.0. The fourth-order valence-electron chi connectivity index (χ4n) is 5.04. The van der Waals surface area contributed by atoms with Gasteiger partial charge in [0.2, 0.25) is 0 Å². The van der Waals surface area contributed by atoms with Crippen LogP contribution < -0.4 is 0 Å². The molecule has 2 heteroatoms. The molecule has 0 radical (unpaired) electrons. The Kier molecular flexibility index (Phi) is 4.64. The molecule has 0 aromatic heterocycles. The second kappa shape index (κ2) is 6.04. The van der Waals surface area contributed by atoms with E-state index >= 15 is 0 Å². The summed E-state index contributed by atoms with van der Waals surface area (Å²) < 4.78 is 6.52. The fraction of sp³-hybridized carbons (Fsp3) is 1.00. The highest BCUT2D eigenvalue weighted by Crippen LogP contribution is 2.48. The third-order valence-electron chi connectivity index (χ3n) is 6.53. The van der Waals surface area contributed by atoms with Gasteiger partial charge in [-0.3, -0.25) is 0 Å². The average Bonchev–Trinajstić information content (AvgIpc) is 3.02. The van der Waals surface area contributed by atoms with Gasteiger partial charge in [0, 0.05) is 5.38 Å². The Morgan fingerprint density at radius 3 is 2.43 bits per heavy atom. The predicted molar refractivity (Wildman–Crippen MR) is 89.9 cm³/mol. The summed E-state index contributed by atoms with van der Waals surface area (Å²) in [4.78, 5) is 0. The minimum atomic E-state index is 0.282. The van der Waals surface area contributed by atoms with Crippen molar-refractivity contribution in [3.8, 4) is 0 Å². The van der Waals surface area contributed by atoms with Crippen LogP contribution in [0.3, 0.4) is 0 Å². The SMILES string of the molecule is CC(C)(C)C1CCC(Cl)C(CC2CCC3(CCCC3)O2)C1. The van der Waals surface area contributed by atoms with E-state index in [2.05, 4.69) is 20.8 Å². The Balaban J connectivity index is 1.56. The molecule has 1 heterocycles. The minimum absolute atomic E-state index is 0.282. The molecule has 21 heavy (non-hydrogen) atoms. The van der Waals surface area contributed by atoms with Crippen LogP contribution >= 0.6 is 11.6 Å². The molecule has 0 aromatic carbocycles. The second-order valence-corrected chi connectivity index (χ2v) is 9.62. The number of rotatable bonds is 2. The molecule has 3 fully saturated rings. The highest BCUT2D eigenvalue weighted by molar-refractivity contribution is 6.20. The Morgan fingerprint density at radius 1 is 1.05 bits per heavy atom. The van der Waals surface area contributed by atoms with Gasteiger partial charge in [0.25, 0.3) is 0 Å². The van der Waals surface area contributed by atoms with E-state index < -0.39 is 0 Å². The average molecular weight is 313 g/mol. The van der Waals surface area contributed by atoms with Gasteiger partial charge in [-0.05, 0) is 68.6 Å². The molecular formula is C19H33ClO. The third kappa shape index (κ3) is 3.61. The van der Waals surface area contributed by atoms with Crippen molar-refractivity contribution in [1.82, 2.24) is 0 Å². The lowest BCUT2D eigenvalue weighted by Gasteiger charge is -2.40. The van der Waals surface area contributed by atoms with Crippen LogP contribution in [0.15, 0.2) is 0 Å². The summed E-state index contributed by atoms with van der Waals surface area (Å²) in [7, 11) is 0. The smallest absolute Gasteiger partial charge is 0.0687 e. The second-order valence-electron chi connectivity index (χ2n) is 9.06. The zero-order chi connectivity index (χ0) is 15.1. The maximum atomic E-state index is 6.67. The Labute approximate surface area is 136 Å². The molecule has 2 saturated carbocycles. The molecule has 0 N–H and O–H groups in total. The van der Waals surface area contributed by atoms with Crippen molar-refractivity contribution in [3.63, 3.8) is 0 Å². The molecule has 0 amide bonds. The van der Waals surface area contributed by atoms with Crippen molar-refractivity contribution in [2.24, 2.45) is 17.3 Å². The molecule has 0 bridgehead atoms. The largest absolute Gasteiger partial charge is 0.372 e. The molecule has 3 aliphatic rings. The maximum Gasteiger partial charge on any atom is 0.0687 e. The van der Waals surface area contributed by atoms with Crippen LogP contribution in [-0.4, -0.2) is 17.1 Å². The van der Waals surface area contributed by atoms with Gasteiger partial charge in [-0.1, -0.05) is 33.6 Å². The summed E-state index contributed by atoms with van der Waals surface area (Å²) in [5.41, 5.74) is 0.711. The quantitative estimate of drug-likeness (QED) is 0.573. The van der Waals surface area contributed by atoms with E-state index in [-0.39, 0.29) is 5.60 Å². The van der Waals surface area contributed by atoms with Crippen molar-refractivity contribution in [3.05, 3.63) is 0 Å². The van der Waals surface area contributed by atoms with Crippen LogP contribution in [-0.2, 0) is 4.74 Å². The first-order chi connectivity index (χ1) is 9.88. The van der Waals surface area contributed by atoms with Crippen LogP contribution in [0.25, 0.3) is 0 Å². The van der Waals surface area contributed by atoms with Crippen molar-refractivity contribution < 1.29 is 4.74 Å². The number of alkyl halides is 1. The minimum Gasteiger partial charge on any atom is -0.372 e. The van der Waals surface area contributed by atoms with Gasteiger partial charge in [-0.25, -0.2) is 0 Å². The van der Waals surface area contributed by atoms with Gasteiger partial charge >= 0.3 is 0 Å². The molecule has 2 aliphatic carbocycles. The summed E-state index contributed by atoms with van der Waals surface area (Å²) in [5.74, 6) is 1.51.